The molecule has 7 nitrogen and oxygen atoms in total. The molecule has 0 bridgehead atoms. The van der Waals surface area contributed by atoms with Crippen LogP contribution in [0.2, 0.25) is 0 Å². The van der Waals surface area contributed by atoms with Crippen molar-refractivity contribution in [2.75, 3.05) is 31.3 Å². The number of fused-ring (bicyclic) bond motifs is 3. The van der Waals surface area contributed by atoms with E-state index in [9.17, 15) is 5.11 Å². The van der Waals surface area contributed by atoms with E-state index in [1.54, 1.807) is 6.07 Å². The topological polar surface area (TPSA) is 117 Å². The molecule has 1 saturated heterocycles. The van der Waals surface area contributed by atoms with Crippen molar-refractivity contribution in [2.45, 2.75) is 25.7 Å². The van der Waals surface area contributed by atoms with E-state index >= 15 is 0 Å². The highest BCUT2D eigenvalue weighted by Crippen LogP contribution is 2.46. The van der Waals surface area contributed by atoms with Gasteiger partial charge in [0, 0.05) is 30.8 Å². The Bertz CT molecular complexity index is 693. The molecule has 1 aromatic heterocycles. The molecule has 0 amide bonds. The van der Waals surface area contributed by atoms with Gasteiger partial charge in [-0.3, -0.25) is 0 Å². The first-order valence-electron chi connectivity index (χ1n) is 7.37. The van der Waals surface area contributed by atoms with Crippen LogP contribution in [-0.2, 0) is 4.74 Å². The lowest BCUT2D eigenvalue weighted by molar-refractivity contribution is 0.198. The molecule has 5 N–H and O–H groups in total. The molecular formula is C15H20N4O3. The van der Waals surface area contributed by atoms with Gasteiger partial charge in [-0.15, -0.1) is 0 Å². The molecule has 3 heterocycles. The standard InChI is InChI=1S/C11H12N4O2.C4H8O/c1-4-3-17-9-7(4)6(16)2-5-8(9)10(12)15-11(13)14-5;1-2-4-5-3-1/h2,4,16H,3H2,1H3,(H4,12,13,14,15);1-4H2. The molecule has 2 aromatic rings. The summed E-state index contributed by atoms with van der Waals surface area (Å²) in [5.41, 5.74) is 12.6. The number of nitrogen functional groups attached to an aromatic ring is 2. The molecule has 1 fully saturated rings. The average molecular weight is 304 g/mol. The zero-order valence-corrected chi connectivity index (χ0v) is 12.5. The minimum absolute atomic E-state index is 0.0837. The lowest BCUT2D eigenvalue weighted by Gasteiger charge is -2.09. The number of anilines is 2. The van der Waals surface area contributed by atoms with Gasteiger partial charge in [0.05, 0.1) is 17.5 Å². The SMILES string of the molecule is C1CCOC1.CC1COc2c1c(O)cc1nc(N)nc(N)c21. The zero-order valence-electron chi connectivity index (χ0n) is 12.5. The van der Waals surface area contributed by atoms with E-state index in [-0.39, 0.29) is 23.4 Å². The monoisotopic (exact) mass is 304 g/mol. The van der Waals surface area contributed by atoms with Gasteiger partial charge in [0.1, 0.15) is 17.3 Å². The first-order valence-corrected chi connectivity index (χ1v) is 7.37. The van der Waals surface area contributed by atoms with Crippen LogP contribution in [0.5, 0.6) is 11.5 Å². The summed E-state index contributed by atoms with van der Waals surface area (Å²) in [4.78, 5) is 7.96. The summed E-state index contributed by atoms with van der Waals surface area (Å²) in [6, 6.07) is 1.55. The number of aromatic hydroxyl groups is 1. The third-order valence-electron chi connectivity index (χ3n) is 3.80. The van der Waals surface area contributed by atoms with E-state index in [1.165, 1.54) is 12.8 Å². The maximum absolute atomic E-state index is 9.96. The van der Waals surface area contributed by atoms with Gasteiger partial charge in [0.25, 0.3) is 0 Å². The first-order chi connectivity index (χ1) is 10.6. The van der Waals surface area contributed by atoms with Crippen molar-refractivity contribution in [1.82, 2.24) is 9.97 Å². The number of ether oxygens (including phenoxy) is 2. The summed E-state index contributed by atoms with van der Waals surface area (Å²) in [5, 5.41) is 10.6. The van der Waals surface area contributed by atoms with Gasteiger partial charge in [0.15, 0.2) is 0 Å². The van der Waals surface area contributed by atoms with Gasteiger partial charge in [0.2, 0.25) is 5.95 Å². The van der Waals surface area contributed by atoms with Gasteiger partial charge in [-0.05, 0) is 12.8 Å². The highest BCUT2D eigenvalue weighted by Gasteiger charge is 2.28. The quantitative estimate of drug-likeness (QED) is 0.679. The maximum atomic E-state index is 9.96. The molecule has 22 heavy (non-hydrogen) atoms. The Kier molecular flexibility index (Phi) is 3.89. The summed E-state index contributed by atoms with van der Waals surface area (Å²) < 4.78 is 10.5. The second-order valence-electron chi connectivity index (χ2n) is 5.53. The highest BCUT2D eigenvalue weighted by molar-refractivity contribution is 5.97. The average Bonchev–Trinajstić information content (AvgIpc) is 3.11. The van der Waals surface area contributed by atoms with Crippen molar-refractivity contribution in [3.05, 3.63) is 11.6 Å². The first kappa shape index (κ1) is 14.6. The lowest BCUT2D eigenvalue weighted by Crippen LogP contribution is -2.01. The molecule has 4 rings (SSSR count). The Balaban J connectivity index is 0.000000246. The summed E-state index contributed by atoms with van der Waals surface area (Å²) in [6.45, 7) is 4.50. The third kappa shape index (κ3) is 2.59. The van der Waals surface area contributed by atoms with E-state index in [2.05, 4.69) is 9.97 Å². The predicted molar refractivity (Wildman–Crippen MR) is 84.0 cm³/mol. The Morgan fingerprint density at radius 3 is 2.59 bits per heavy atom. The van der Waals surface area contributed by atoms with E-state index in [0.717, 1.165) is 18.8 Å². The van der Waals surface area contributed by atoms with Gasteiger partial charge in [-0.2, -0.15) is 4.98 Å². The summed E-state index contributed by atoms with van der Waals surface area (Å²) >= 11 is 0. The third-order valence-corrected chi connectivity index (χ3v) is 3.80. The molecule has 118 valence electrons. The summed E-state index contributed by atoms with van der Waals surface area (Å²) in [5.74, 6) is 1.23. The molecule has 0 saturated carbocycles. The van der Waals surface area contributed by atoms with Crippen LogP contribution in [0.3, 0.4) is 0 Å². The zero-order chi connectivity index (χ0) is 15.7. The fourth-order valence-electron chi connectivity index (χ4n) is 2.74. The van der Waals surface area contributed by atoms with E-state index < -0.39 is 0 Å². The van der Waals surface area contributed by atoms with Crippen LogP contribution in [0.25, 0.3) is 10.9 Å². The molecule has 1 aromatic carbocycles. The number of nitrogens with zero attached hydrogens (tertiary/aromatic N) is 2. The molecule has 0 aliphatic carbocycles. The normalized spacial score (nSPS) is 19.4. The van der Waals surface area contributed by atoms with E-state index in [4.69, 9.17) is 20.9 Å². The largest absolute Gasteiger partial charge is 0.507 e. The molecule has 2 aliphatic heterocycles. The van der Waals surface area contributed by atoms with E-state index in [1.807, 2.05) is 6.92 Å². The predicted octanol–water partition coefficient (Wildman–Crippen LogP) is 1.79. The Morgan fingerprint density at radius 2 is 1.95 bits per heavy atom. The van der Waals surface area contributed by atoms with Crippen molar-refractivity contribution in [3.8, 4) is 11.5 Å². The number of phenols is 1. The summed E-state index contributed by atoms with van der Waals surface area (Å²) in [6.07, 6.45) is 2.56. The number of rotatable bonds is 0. The second kappa shape index (κ2) is 5.84. The minimum atomic E-state index is 0.0837. The maximum Gasteiger partial charge on any atom is 0.222 e. The number of hydrogen-bond acceptors (Lipinski definition) is 7. The molecule has 0 spiro atoms. The molecule has 7 heteroatoms. The molecule has 2 aliphatic rings. The van der Waals surface area contributed by atoms with Crippen LogP contribution < -0.4 is 16.2 Å². The molecular weight excluding hydrogens is 284 g/mol. The van der Waals surface area contributed by atoms with E-state index in [0.29, 0.717) is 23.3 Å². The number of aromatic nitrogens is 2. The Morgan fingerprint density at radius 1 is 1.23 bits per heavy atom. The van der Waals surface area contributed by atoms with Crippen LogP contribution in [0.1, 0.15) is 31.2 Å². The van der Waals surface area contributed by atoms with Crippen LogP contribution in [-0.4, -0.2) is 34.9 Å². The van der Waals surface area contributed by atoms with Gasteiger partial charge in [-0.25, -0.2) is 4.98 Å². The van der Waals surface area contributed by atoms with Gasteiger partial charge >= 0.3 is 0 Å². The minimum Gasteiger partial charge on any atom is -0.507 e. The fourth-order valence-corrected chi connectivity index (χ4v) is 2.74. The van der Waals surface area contributed by atoms with Crippen molar-refractivity contribution < 1.29 is 14.6 Å². The molecule has 1 unspecified atom stereocenters. The number of nitrogens with two attached hydrogens (primary N) is 2. The van der Waals surface area contributed by atoms with Crippen LogP contribution in [0.15, 0.2) is 6.07 Å². The molecule has 1 atom stereocenters. The van der Waals surface area contributed by atoms with Crippen LogP contribution in [0, 0.1) is 0 Å². The summed E-state index contributed by atoms with van der Waals surface area (Å²) in [7, 11) is 0. The van der Waals surface area contributed by atoms with Crippen molar-refractivity contribution in [3.63, 3.8) is 0 Å². The number of phenolic OH excluding ortho intramolecular Hbond substituents is 1. The Labute approximate surface area is 128 Å². The van der Waals surface area contributed by atoms with Crippen LogP contribution in [0.4, 0.5) is 11.8 Å². The van der Waals surface area contributed by atoms with Gasteiger partial charge in [-0.1, -0.05) is 6.92 Å². The van der Waals surface area contributed by atoms with Crippen molar-refractivity contribution in [2.24, 2.45) is 0 Å². The number of hydrogen-bond donors (Lipinski definition) is 3. The fraction of sp³-hybridized carbons (Fsp3) is 0.467. The number of benzene rings is 1. The lowest BCUT2D eigenvalue weighted by atomic mass is 10.00. The Hall–Kier alpha value is -2.28. The van der Waals surface area contributed by atoms with Crippen molar-refractivity contribution in [1.29, 1.82) is 0 Å². The smallest absolute Gasteiger partial charge is 0.222 e. The van der Waals surface area contributed by atoms with Crippen molar-refractivity contribution >= 4 is 22.7 Å². The highest BCUT2D eigenvalue weighted by atomic mass is 16.5. The van der Waals surface area contributed by atoms with Crippen LogP contribution >= 0.6 is 0 Å². The van der Waals surface area contributed by atoms with Gasteiger partial charge < -0.3 is 26.0 Å². The second-order valence-corrected chi connectivity index (χ2v) is 5.53. The molecule has 0 radical (unpaired) electrons.